The number of nitrogens with one attached hydrogen (secondary N) is 1. The van der Waals surface area contributed by atoms with Crippen molar-refractivity contribution in [2.45, 2.75) is 45.3 Å². The fourth-order valence-electron chi connectivity index (χ4n) is 2.73. The molecule has 0 aliphatic rings. The molecule has 0 spiro atoms. The first-order valence-electron chi connectivity index (χ1n) is 9.20. The average Bonchev–Trinajstić information content (AvgIpc) is 2.70. The highest BCUT2D eigenvalue weighted by Crippen LogP contribution is 2.17. The van der Waals surface area contributed by atoms with Crippen molar-refractivity contribution >= 4 is 29.4 Å². The standard InChI is InChI=1S/C21H25N3O4S/c1-13-18(14(2)24-21(23-13)29-4)9-10-20(27)28-12-19(26)17-7-5-16(6-8-17)11-22-15(3)25/h5-8H,9-12H2,1-4H3,(H,22,25). The van der Waals surface area contributed by atoms with Crippen LogP contribution in [0.25, 0.3) is 0 Å². The number of esters is 1. The fraction of sp³-hybridized carbons (Fsp3) is 0.381. The predicted octanol–water partition coefficient (Wildman–Crippen LogP) is 2.81. The smallest absolute Gasteiger partial charge is 0.306 e. The molecule has 0 unspecified atom stereocenters. The van der Waals surface area contributed by atoms with Gasteiger partial charge < -0.3 is 10.1 Å². The fourth-order valence-corrected chi connectivity index (χ4v) is 3.18. The number of ketones is 1. The Labute approximate surface area is 174 Å². The van der Waals surface area contributed by atoms with Crippen molar-refractivity contribution in [3.8, 4) is 0 Å². The van der Waals surface area contributed by atoms with Crippen molar-refractivity contribution in [2.75, 3.05) is 12.9 Å². The molecular formula is C21H25N3O4S. The van der Waals surface area contributed by atoms with E-state index in [4.69, 9.17) is 4.74 Å². The van der Waals surface area contributed by atoms with Gasteiger partial charge in [-0.15, -0.1) is 0 Å². The SMILES string of the molecule is CSc1nc(C)c(CCC(=O)OCC(=O)c2ccc(CNC(C)=O)cc2)c(C)n1. The largest absolute Gasteiger partial charge is 0.457 e. The zero-order chi connectivity index (χ0) is 21.4. The third-order valence-electron chi connectivity index (χ3n) is 4.34. The zero-order valence-corrected chi connectivity index (χ0v) is 17.9. The molecule has 1 aromatic heterocycles. The molecule has 0 saturated heterocycles. The summed E-state index contributed by atoms with van der Waals surface area (Å²) in [6, 6.07) is 6.83. The number of nitrogens with zero attached hydrogens (tertiary/aromatic N) is 2. The number of Topliss-reactive ketones (excluding diaryl/α,β-unsaturated/α-hetero) is 1. The van der Waals surface area contributed by atoms with Crippen LogP contribution < -0.4 is 5.32 Å². The van der Waals surface area contributed by atoms with Gasteiger partial charge in [-0.25, -0.2) is 9.97 Å². The minimum absolute atomic E-state index is 0.116. The number of aryl methyl sites for hydroxylation is 2. The lowest BCUT2D eigenvalue weighted by Crippen LogP contribution is -2.19. The van der Waals surface area contributed by atoms with Gasteiger partial charge in [-0.1, -0.05) is 36.0 Å². The molecule has 0 fully saturated rings. The normalized spacial score (nSPS) is 10.5. The van der Waals surface area contributed by atoms with Crippen LogP contribution in [-0.4, -0.2) is 40.5 Å². The van der Waals surface area contributed by atoms with Crippen LogP contribution in [-0.2, 0) is 27.3 Å². The highest BCUT2D eigenvalue weighted by molar-refractivity contribution is 7.98. The highest BCUT2D eigenvalue weighted by atomic mass is 32.2. The van der Waals surface area contributed by atoms with Crippen molar-refractivity contribution in [1.82, 2.24) is 15.3 Å². The summed E-state index contributed by atoms with van der Waals surface area (Å²) in [7, 11) is 0. The summed E-state index contributed by atoms with van der Waals surface area (Å²) in [6.45, 7) is 5.34. The molecule has 1 N–H and O–H groups in total. The third kappa shape index (κ3) is 6.98. The molecule has 0 bridgehead atoms. The number of thioether (sulfide) groups is 1. The number of carbonyl (C=O) groups excluding carboxylic acids is 3. The average molecular weight is 416 g/mol. The number of amides is 1. The van der Waals surface area contributed by atoms with E-state index in [9.17, 15) is 14.4 Å². The second-order valence-electron chi connectivity index (χ2n) is 6.55. The minimum Gasteiger partial charge on any atom is -0.457 e. The summed E-state index contributed by atoms with van der Waals surface area (Å²) in [5.74, 6) is -0.827. The second kappa shape index (κ2) is 10.7. The molecule has 154 valence electrons. The highest BCUT2D eigenvalue weighted by Gasteiger charge is 2.13. The van der Waals surface area contributed by atoms with Crippen LogP contribution in [0.5, 0.6) is 0 Å². The Kier molecular flexibility index (Phi) is 8.33. The number of ether oxygens (including phenoxy) is 1. The summed E-state index contributed by atoms with van der Waals surface area (Å²) >= 11 is 1.47. The van der Waals surface area contributed by atoms with Gasteiger partial charge in [0.15, 0.2) is 17.5 Å². The van der Waals surface area contributed by atoms with E-state index in [2.05, 4.69) is 15.3 Å². The number of aromatic nitrogens is 2. The van der Waals surface area contributed by atoms with Gasteiger partial charge in [0.05, 0.1) is 0 Å². The van der Waals surface area contributed by atoms with E-state index in [1.54, 1.807) is 24.3 Å². The molecule has 29 heavy (non-hydrogen) atoms. The van der Waals surface area contributed by atoms with Crippen LogP contribution in [0.15, 0.2) is 29.4 Å². The molecule has 2 rings (SSSR count). The molecule has 0 saturated carbocycles. The molecule has 0 aliphatic carbocycles. The van der Waals surface area contributed by atoms with Crippen molar-refractivity contribution in [2.24, 2.45) is 0 Å². The molecule has 2 aromatic rings. The summed E-state index contributed by atoms with van der Waals surface area (Å²) in [4.78, 5) is 44.0. The quantitative estimate of drug-likeness (QED) is 0.291. The molecule has 0 atom stereocenters. The zero-order valence-electron chi connectivity index (χ0n) is 17.1. The summed E-state index contributed by atoms with van der Waals surface area (Å²) in [6.07, 6.45) is 2.54. The van der Waals surface area contributed by atoms with Crippen LogP contribution in [0, 0.1) is 13.8 Å². The summed E-state index contributed by atoms with van der Waals surface area (Å²) in [5.41, 5.74) is 3.97. The molecule has 1 aromatic carbocycles. The number of carbonyl (C=O) groups is 3. The molecule has 1 amide bonds. The van der Waals surface area contributed by atoms with Crippen LogP contribution in [0.1, 0.15) is 46.2 Å². The van der Waals surface area contributed by atoms with Crippen LogP contribution in [0.4, 0.5) is 0 Å². The van der Waals surface area contributed by atoms with Crippen molar-refractivity contribution < 1.29 is 19.1 Å². The maximum absolute atomic E-state index is 12.2. The van der Waals surface area contributed by atoms with E-state index < -0.39 is 5.97 Å². The first-order chi connectivity index (χ1) is 13.8. The van der Waals surface area contributed by atoms with Gasteiger partial charge in [0.2, 0.25) is 5.91 Å². The molecule has 8 heteroatoms. The van der Waals surface area contributed by atoms with E-state index in [-0.39, 0.29) is 24.7 Å². The lowest BCUT2D eigenvalue weighted by atomic mass is 10.1. The Bertz CT molecular complexity index is 874. The second-order valence-corrected chi connectivity index (χ2v) is 7.32. The maximum Gasteiger partial charge on any atom is 0.306 e. The van der Waals surface area contributed by atoms with Gasteiger partial charge >= 0.3 is 5.97 Å². The lowest BCUT2D eigenvalue weighted by Gasteiger charge is -2.10. The van der Waals surface area contributed by atoms with Crippen molar-refractivity contribution in [3.05, 3.63) is 52.3 Å². The van der Waals surface area contributed by atoms with Crippen LogP contribution in [0.3, 0.4) is 0 Å². The summed E-state index contributed by atoms with van der Waals surface area (Å²) in [5, 5.41) is 3.40. The van der Waals surface area contributed by atoms with Crippen molar-refractivity contribution in [1.29, 1.82) is 0 Å². The number of rotatable bonds is 9. The van der Waals surface area contributed by atoms with Crippen LogP contribution in [0.2, 0.25) is 0 Å². The Morgan fingerprint density at radius 1 is 1.07 bits per heavy atom. The summed E-state index contributed by atoms with van der Waals surface area (Å²) < 4.78 is 5.12. The first-order valence-corrected chi connectivity index (χ1v) is 10.4. The first kappa shape index (κ1) is 22.5. The topological polar surface area (TPSA) is 98.2 Å². The lowest BCUT2D eigenvalue weighted by molar-refractivity contribution is -0.142. The van der Waals surface area contributed by atoms with Crippen molar-refractivity contribution in [3.63, 3.8) is 0 Å². The Morgan fingerprint density at radius 3 is 2.24 bits per heavy atom. The van der Waals surface area contributed by atoms with E-state index in [1.165, 1.54) is 18.7 Å². The van der Waals surface area contributed by atoms with Crippen LogP contribution >= 0.6 is 11.8 Å². The Balaban J connectivity index is 1.83. The van der Waals surface area contributed by atoms with Gasteiger partial charge in [0, 0.05) is 36.8 Å². The van der Waals surface area contributed by atoms with E-state index >= 15 is 0 Å². The maximum atomic E-state index is 12.2. The molecule has 0 radical (unpaired) electrons. The number of benzene rings is 1. The van der Waals surface area contributed by atoms with E-state index in [1.807, 2.05) is 20.1 Å². The molecular weight excluding hydrogens is 390 g/mol. The minimum atomic E-state index is -0.437. The van der Waals surface area contributed by atoms with Gasteiger partial charge in [0.25, 0.3) is 0 Å². The number of hydrogen-bond donors (Lipinski definition) is 1. The van der Waals surface area contributed by atoms with Gasteiger partial charge in [-0.2, -0.15) is 0 Å². The Hall–Kier alpha value is -2.74. The predicted molar refractivity (Wildman–Crippen MR) is 111 cm³/mol. The number of hydrogen-bond acceptors (Lipinski definition) is 7. The molecule has 0 aliphatic heterocycles. The van der Waals surface area contributed by atoms with E-state index in [0.717, 1.165) is 22.5 Å². The Morgan fingerprint density at radius 2 is 1.69 bits per heavy atom. The van der Waals surface area contributed by atoms with Gasteiger partial charge in [-0.05, 0) is 37.7 Å². The third-order valence-corrected chi connectivity index (χ3v) is 4.89. The molecule has 7 nitrogen and oxygen atoms in total. The van der Waals surface area contributed by atoms with E-state index in [0.29, 0.717) is 23.7 Å². The van der Waals surface area contributed by atoms with Gasteiger partial charge in [0.1, 0.15) is 0 Å². The van der Waals surface area contributed by atoms with Gasteiger partial charge in [-0.3, -0.25) is 14.4 Å². The molecule has 1 heterocycles. The monoisotopic (exact) mass is 415 g/mol.